The minimum atomic E-state index is -0.474. The fourth-order valence-electron chi connectivity index (χ4n) is 1.42. The molecule has 0 rings (SSSR count). The van der Waals surface area contributed by atoms with Crippen LogP contribution < -0.4 is 10.6 Å². The van der Waals surface area contributed by atoms with Gasteiger partial charge in [-0.15, -0.1) is 24.0 Å². The number of amides is 1. The Balaban J connectivity index is 0. The lowest BCUT2D eigenvalue weighted by Gasteiger charge is -2.24. The molecule has 0 saturated heterocycles. The molecule has 0 unspecified atom stereocenters. The average Bonchev–Trinajstić information content (AvgIpc) is 2.39. The van der Waals surface area contributed by atoms with Gasteiger partial charge >= 0.3 is 6.09 Å². The molecule has 2 N–H and O–H groups in total. The smallest absolute Gasteiger partial charge is 0.410 e. The maximum absolute atomic E-state index is 11.8. The number of hydrogen-bond acceptors (Lipinski definition) is 4. The predicted octanol–water partition coefficient (Wildman–Crippen LogP) is 1.67. The largest absolute Gasteiger partial charge is 0.444 e. The van der Waals surface area contributed by atoms with Gasteiger partial charge in [0.1, 0.15) is 5.60 Å². The lowest BCUT2D eigenvalue weighted by atomic mass is 10.2. The zero-order chi connectivity index (χ0) is 16.3. The van der Waals surface area contributed by atoms with Crippen molar-refractivity contribution in [2.45, 2.75) is 32.8 Å². The number of methoxy groups -OCH3 is 1. The van der Waals surface area contributed by atoms with E-state index in [9.17, 15) is 4.79 Å². The molecule has 0 spiro atoms. The average molecular weight is 430 g/mol. The second kappa shape index (κ2) is 12.7. The van der Waals surface area contributed by atoms with E-state index < -0.39 is 5.60 Å². The van der Waals surface area contributed by atoms with Gasteiger partial charge in [-0.05, 0) is 27.2 Å². The van der Waals surface area contributed by atoms with Crippen molar-refractivity contribution in [1.82, 2.24) is 15.5 Å². The van der Waals surface area contributed by atoms with Gasteiger partial charge in [0.25, 0.3) is 0 Å². The number of nitrogens with zero attached hydrogens (tertiary/aromatic N) is 2. The Labute approximate surface area is 151 Å². The fourth-order valence-corrected chi connectivity index (χ4v) is 1.42. The molecule has 0 bridgehead atoms. The summed E-state index contributed by atoms with van der Waals surface area (Å²) in [5.74, 6) is 0.712. The number of ether oxygens (including phenoxy) is 2. The number of halogens is 1. The van der Waals surface area contributed by atoms with Gasteiger partial charge in [0.2, 0.25) is 0 Å². The summed E-state index contributed by atoms with van der Waals surface area (Å²) in [6, 6.07) is 0. The van der Waals surface area contributed by atoms with Crippen LogP contribution in [0.1, 0.15) is 27.2 Å². The summed E-state index contributed by atoms with van der Waals surface area (Å²) >= 11 is 0. The van der Waals surface area contributed by atoms with Crippen LogP contribution in [0, 0.1) is 0 Å². The highest BCUT2D eigenvalue weighted by Gasteiger charge is 2.19. The summed E-state index contributed by atoms with van der Waals surface area (Å²) in [5, 5.41) is 6.31. The van der Waals surface area contributed by atoms with Gasteiger partial charge in [-0.1, -0.05) is 0 Å². The highest BCUT2D eigenvalue weighted by atomic mass is 127. The van der Waals surface area contributed by atoms with Crippen LogP contribution in [-0.4, -0.2) is 70.0 Å². The van der Waals surface area contributed by atoms with Gasteiger partial charge in [0, 0.05) is 47.4 Å². The van der Waals surface area contributed by atoms with E-state index in [1.807, 2.05) is 20.8 Å². The molecule has 0 aliphatic rings. The standard InChI is InChI=1S/C14H30N4O3.HI/c1-14(2,3)21-13(19)18(5)10-9-17-12(15-4)16-8-7-11-20-6;/h7-11H2,1-6H3,(H2,15,16,17);1H. The second-order valence-corrected chi connectivity index (χ2v) is 5.67. The highest BCUT2D eigenvalue weighted by Crippen LogP contribution is 2.08. The molecule has 0 aromatic rings. The topological polar surface area (TPSA) is 75.2 Å². The molecular weight excluding hydrogens is 399 g/mol. The molecule has 0 fully saturated rings. The molecule has 7 nitrogen and oxygen atoms in total. The maximum atomic E-state index is 11.8. The summed E-state index contributed by atoms with van der Waals surface area (Å²) in [4.78, 5) is 17.4. The van der Waals surface area contributed by atoms with E-state index in [0.29, 0.717) is 25.7 Å². The molecule has 0 aromatic heterocycles. The van der Waals surface area contributed by atoms with E-state index in [4.69, 9.17) is 9.47 Å². The number of guanidine groups is 1. The van der Waals surface area contributed by atoms with Crippen LogP contribution in [0.4, 0.5) is 4.79 Å². The molecule has 0 heterocycles. The minimum Gasteiger partial charge on any atom is -0.444 e. The molecule has 0 aliphatic carbocycles. The quantitative estimate of drug-likeness (QED) is 0.278. The van der Waals surface area contributed by atoms with Crippen LogP contribution in [0.3, 0.4) is 0 Å². The van der Waals surface area contributed by atoms with Crippen molar-refractivity contribution in [2.75, 3.05) is 47.4 Å². The van der Waals surface area contributed by atoms with E-state index in [2.05, 4.69) is 15.6 Å². The van der Waals surface area contributed by atoms with Gasteiger partial charge < -0.3 is 25.0 Å². The Morgan fingerprint density at radius 3 is 2.32 bits per heavy atom. The molecule has 0 saturated carbocycles. The molecule has 0 aliphatic heterocycles. The summed E-state index contributed by atoms with van der Waals surface area (Å²) < 4.78 is 10.3. The Kier molecular flexibility index (Phi) is 13.6. The monoisotopic (exact) mass is 430 g/mol. The first kappa shape index (κ1) is 23.5. The third-order valence-corrected chi connectivity index (χ3v) is 2.49. The molecule has 0 atom stereocenters. The molecule has 1 amide bonds. The lowest BCUT2D eigenvalue weighted by molar-refractivity contribution is 0.0302. The summed E-state index contributed by atoms with van der Waals surface area (Å²) in [6.07, 6.45) is 0.585. The molecular formula is C14H31IN4O3. The van der Waals surface area contributed by atoms with E-state index >= 15 is 0 Å². The number of carbonyl (C=O) groups is 1. The van der Waals surface area contributed by atoms with Gasteiger partial charge in [-0.2, -0.15) is 0 Å². The second-order valence-electron chi connectivity index (χ2n) is 5.67. The SMILES string of the molecule is CN=C(NCCCOC)NCCN(C)C(=O)OC(C)(C)C.I. The molecule has 0 aromatic carbocycles. The van der Waals surface area contributed by atoms with E-state index in [0.717, 1.165) is 13.0 Å². The van der Waals surface area contributed by atoms with Crippen LogP contribution in [0.15, 0.2) is 4.99 Å². The van der Waals surface area contributed by atoms with E-state index in [1.54, 1.807) is 21.2 Å². The van der Waals surface area contributed by atoms with Gasteiger partial charge in [0.05, 0.1) is 0 Å². The third-order valence-electron chi connectivity index (χ3n) is 2.49. The normalized spacial score (nSPS) is 11.5. The maximum Gasteiger partial charge on any atom is 0.410 e. The number of aliphatic imine (C=N–C) groups is 1. The van der Waals surface area contributed by atoms with Crippen LogP contribution >= 0.6 is 24.0 Å². The Hall–Kier alpha value is -0.770. The molecule has 8 heteroatoms. The fraction of sp³-hybridized carbons (Fsp3) is 0.857. The number of hydrogen-bond donors (Lipinski definition) is 2. The Morgan fingerprint density at radius 1 is 1.23 bits per heavy atom. The van der Waals surface area contributed by atoms with Crippen molar-refractivity contribution in [3.8, 4) is 0 Å². The zero-order valence-corrected chi connectivity index (χ0v) is 16.9. The Morgan fingerprint density at radius 2 is 1.82 bits per heavy atom. The van der Waals surface area contributed by atoms with Crippen LogP contribution in [0.2, 0.25) is 0 Å². The van der Waals surface area contributed by atoms with Crippen LogP contribution in [-0.2, 0) is 9.47 Å². The van der Waals surface area contributed by atoms with Gasteiger partial charge in [0.15, 0.2) is 5.96 Å². The van der Waals surface area contributed by atoms with Crippen LogP contribution in [0.5, 0.6) is 0 Å². The third kappa shape index (κ3) is 12.9. The van der Waals surface area contributed by atoms with Crippen molar-refractivity contribution in [3.05, 3.63) is 0 Å². The lowest BCUT2D eigenvalue weighted by Crippen LogP contribution is -2.43. The van der Waals surface area contributed by atoms with Gasteiger partial charge in [-0.25, -0.2) is 4.79 Å². The van der Waals surface area contributed by atoms with Gasteiger partial charge in [-0.3, -0.25) is 4.99 Å². The summed E-state index contributed by atoms with van der Waals surface area (Å²) in [7, 11) is 5.10. The number of likely N-dealkylation sites (N-methyl/N-ethyl adjacent to an activating group) is 1. The van der Waals surface area contributed by atoms with E-state index in [1.165, 1.54) is 4.90 Å². The zero-order valence-electron chi connectivity index (χ0n) is 14.6. The summed E-state index contributed by atoms with van der Waals surface area (Å²) in [5.41, 5.74) is -0.474. The number of nitrogens with one attached hydrogen (secondary N) is 2. The van der Waals surface area contributed by atoms with Crippen molar-refractivity contribution in [2.24, 2.45) is 4.99 Å². The van der Waals surface area contributed by atoms with E-state index in [-0.39, 0.29) is 30.1 Å². The minimum absolute atomic E-state index is 0. The van der Waals surface area contributed by atoms with Crippen molar-refractivity contribution >= 4 is 36.0 Å². The first-order chi connectivity index (χ1) is 9.80. The predicted molar refractivity (Wildman–Crippen MR) is 100 cm³/mol. The number of rotatable bonds is 7. The van der Waals surface area contributed by atoms with Crippen LogP contribution in [0.25, 0.3) is 0 Å². The molecule has 0 radical (unpaired) electrons. The Bertz CT molecular complexity index is 333. The van der Waals surface area contributed by atoms with Crippen molar-refractivity contribution < 1.29 is 14.3 Å². The molecule has 132 valence electrons. The number of carbonyl (C=O) groups excluding carboxylic acids is 1. The van der Waals surface area contributed by atoms with Crippen molar-refractivity contribution in [1.29, 1.82) is 0 Å². The summed E-state index contributed by atoms with van der Waals surface area (Å²) in [6.45, 7) is 8.18. The highest BCUT2D eigenvalue weighted by molar-refractivity contribution is 14.0. The first-order valence-electron chi connectivity index (χ1n) is 7.17. The molecule has 22 heavy (non-hydrogen) atoms. The first-order valence-corrected chi connectivity index (χ1v) is 7.17. The van der Waals surface area contributed by atoms with Crippen molar-refractivity contribution in [3.63, 3.8) is 0 Å².